The van der Waals surface area contributed by atoms with Gasteiger partial charge in [0.15, 0.2) is 0 Å². The van der Waals surface area contributed by atoms with Gasteiger partial charge in [0.1, 0.15) is 0 Å². The minimum Gasteiger partial charge on any atom is -0.319 e. The maximum atomic E-state index is 4.20. The van der Waals surface area contributed by atoms with Crippen molar-refractivity contribution in [2.75, 3.05) is 32.9 Å². The molecule has 0 aliphatic heterocycles. The van der Waals surface area contributed by atoms with Gasteiger partial charge in [-0.25, -0.2) is 0 Å². The highest BCUT2D eigenvalue weighted by Gasteiger charge is 2.01. The maximum Gasteiger partial charge on any atom is -0.000356 e. The molecule has 0 unspecified atom stereocenters. The molecular weight excluding hydrogens is 132 g/mol. The molecule has 0 atom stereocenters. The summed E-state index contributed by atoms with van der Waals surface area (Å²) in [5, 5.41) is 6.23. The van der Waals surface area contributed by atoms with Crippen molar-refractivity contribution >= 4 is 12.6 Å². The van der Waals surface area contributed by atoms with Crippen LogP contribution >= 0.6 is 12.6 Å². The molecule has 9 heavy (non-hydrogen) atoms. The second kappa shape index (κ2) is 6.39. The van der Waals surface area contributed by atoms with Crippen LogP contribution in [-0.4, -0.2) is 32.9 Å². The highest BCUT2D eigenvalue weighted by molar-refractivity contribution is 7.80. The van der Waals surface area contributed by atoms with Gasteiger partial charge in [-0.05, 0) is 38.9 Å². The molecule has 0 aromatic heterocycles. The summed E-state index contributed by atoms with van der Waals surface area (Å²) >= 11 is 4.20. The van der Waals surface area contributed by atoms with E-state index in [2.05, 4.69) is 23.3 Å². The van der Waals surface area contributed by atoms with E-state index in [1.807, 2.05) is 14.1 Å². The Morgan fingerprint density at radius 3 is 1.89 bits per heavy atom. The molecule has 0 aliphatic carbocycles. The minimum atomic E-state index is 0.656. The number of hydrogen-bond acceptors (Lipinski definition) is 3. The number of thiol groups is 1. The van der Waals surface area contributed by atoms with Crippen LogP contribution in [0.1, 0.15) is 0 Å². The van der Waals surface area contributed by atoms with E-state index in [4.69, 9.17) is 0 Å². The van der Waals surface area contributed by atoms with Gasteiger partial charge in [0.2, 0.25) is 0 Å². The Bertz CT molecular complexity index is 53.0. The van der Waals surface area contributed by atoms with Crippen LogP contribution in [0.3, 0.4) is 0 Å². The van der Waals surface area contributed by atoms with E-state index < -0.39 is 0 Å². The first-order valence-electron chi connectivity index (χ1n) is 3.25. The van der Waals surface area contributed by atoms with Gasteiger partial charge in [-0.1, -0.05) is 0 Å². The van der Waals surface area contributed by atoms with Crippen molar-refractivity contribution < 1.29 is 0 Å². The Hall–Kier alpha value is 0.270. The molecule has 0 bridgehead atoms. The van der Waals surface area contributed by atoms with Crippen molar-refractivity contribution in [1.82, 2.24) is 10.6 Å². The molecule has 0 saturated carbocycles. The molecular formula is C6H16N2S. The average Bonchev–Trinajstić information content (AvgIpc) is 1.88. The molecule has 0 spiro atoms. The fourth-order valence-corrected chi connectivity index (χ4v) is 1.04. The van der Waals surface area contributed by atoms with Gasteiger partial charge in [0.05, 0.1) is 0 Å². The number of rotatable bonds is 5. The van der Waals surface area contributed by atoms with Crippen LogP contribution in [-0.2, 0) is 0 Å². The molecule has 0 fully saturated rings. The molecule has 0 aromatic carbocycles. The van der Waals surface area contributed by atoms with Crippen molar-refractivity contribution in [2.45, 2.75) is 0 Å². The monoisotopic (exact) mass is 148 g/mol. The van der Waals surface area contributed by atoms with Gasteiger partial charge in [0, 0.05) is 0 Å². The lowest BCUT2D eigenvalue weighted by Gasteiger charge is -2.11. The standard InChI is InChI=1S/C6H16N2S/c1-7-3-6(5-9)4-8-2/h6-9H,3-5H2,1-2H3. The van der Waals surface area contributed by atoms with Crippen molar-refractivity contribution in [2.24, 2.45) is 5.92 Å². The second-order valence-electron chi connectivity index (χ2n) is 2.16. The third-order valence-electron chi connectivity index (χ3n) is 1.24. The fourth-order valence-electron chi connectivity index (χ4n) is 0.779. The largest absolute Gasteiger partial charge is 0.319 e. The predicted molar refractivity (Wildman–Crippen MR) is 45.2 cm³/mol. The van der Waals surface area contributed by atoms with Crippen molar-refractivity contribution in [3.8, 4) is 0 Å². The van der Waals surface area contributed by atoms with Crippen LogP contribution in [0.15, 0.2) is 0 Å². The smallest absolute Gasteiger partial charge is 0.000356 e. The molecule has 0 rings (SSSR count). The van der Waals surface area contributed by atoms with Gasteiger partial charge >= 0.3 is 0 Å². The molecule has 0 saturated heterocycles. The van der Waals surface area contributed by atoms with E-state index in [1.165, 1.54) is 0 Å². The first kappa shape index (κ1) is 9.27. The average molecular weight is 148 g/mol. The summed E-state index contributed by atoms with van der Waals surface area (Å²) in [6.45, 7) is 2.09. The summed E-state index contributed by atoms with van der Waals surface area (Å²) in [6, 6.07) is 0. The van der Waals surface area contributed by atoms with Gasteiger partial charge < -0.3 is 10.6 Å². The van der Waals surface area contributed by atoms with Gasteiger partial charge in [-0.2, -0.15) is 12.6 Å². The molecule has 0 aromatic rings. The normalized spacial score (nSPS) is 10.7. The van der Waals surface area contributed by atoms with E-state index in [0.29, 0.717) is 5.92 Å². The highest BCUT2D eigenvalue weighted by atomic mass is 32.1. The van der Waals surface area contributed by atoms with Gasteiger partial charge in [-0.15, -0.1) is 0 Å². The van der Waals surface area contributed by atoms with Crippen LogP contribution in [0.25, 0.3) is 0 Å². The third kappa shape index (κ3) is 4.75. The Kier molecular flexibility index (Phi) is 6.58. The van der Waals surface area contributed by atoms with E-state index in [1.54, 1.807) is 0 Å². The zero-order chi connectivity index (χ0) is 7.11. The van der Waals surface area contributed by atoms with Crippen LogP contribution in [0, 0.1) is 5.92 Å². The zero-order valence-corrected chi connectivity index (χ0v) is 7.04. The molecule has 0 aliphatic rings. The van der Waals surface area contributed by atoms with Crippen molar-refractivity contribution in [3.63, 3.8) is 0 Å². The minimum absolute atomic E-state index is 0.656. The maximum absolute atomic E-state index is 4.20. The van der Waals surface area contributed by atoms with Crippen molar-refractivity contribution in [1.29, 1.82) is 0 Å². The fraction of sp³-hybridized carbons (Fsp3) is 1.00. The quantitative estimate of drug-likeness (QED) is 0.477. The molecule has 2 nitrogen and oxygen atoms in total. The van der Waals surface area contributed by atoms with Gasteiger partial charge in [0.25, 0.3) is 0 Å². The lowest BCUT2D eigenvalue weighted by Crippen LogP contribution is -2.28. The highest BCUT2D eigenvalue weighted by Crippen LogP contribution is 1.94. The molecule has 56 valence electrons. The van der Waals surface area contributed by atoms with Crippen molar-refractivity contribution in [3.05, 3.63) is 0 Å². The number of hydrogen-bond donors (Lipinski definition) is 3. The van der Waals surface area contributed by atoms with Crippen LogP contribution in [0.5, 0.6) is 0 Å². The number of nitrogens with one attached hydrogen (secondary N) is 2. The molecule has 0 heterocycles. The lowest BCUT2D eigenvalue weighted by atomic mass is 10.2. The summed E-state index contributed by atoms with van der Waals surface area (Å²) in [6.07, 6.45) is 0. The first-order chi connectivity index (χ1) is 4.35. The van der Waals surface area contributed by atoms with Crippen LogP contribution in [0.4, 0.5) is 0 Å². The van der Waals surface area contributed by atoms with Crippen LogP contribution < -0.4 is 10.6 Å². The third-order valence-corrected chi connectivity index (χ3v) is 1.76. The summed E-state index contributed by atoms with van der Waals surface area (Å²) in [7, 11) is 3.93. The summed E-state index contributed by atoms with van der Waals surface area (Å²) < 4.78 is 0. The summed E-state index contributed by atoms with van der Waals surface area (Å²) in [5.74, 6) is 1.60. The Morgan fingerprint density at radius 2 is 1.67 bits per heavy atom. The predicted octanol–water partition coefficient (Wildman–Crippen LogP) is -0.0288. The van der Waals surface area contributed by atoms with E-state index >= 15 is 0 Å². The van der Waals surface area contributed by atoms with E-state index in [0.717, 1.165) is 18.8 Å². The molecule has 0 amide bonds. The second-order valence-corrected chi connectivity index (χ2v) is 2.53. The SMILES string of the molecule is CNCC(CS)CNC. The first-order valence-corrected chi connectivity index (χ1v) is 3.88. The Balaban J connectivity index is 3.18. The lowest BCUT2D eigenvalue weighted by molar-refractivity contribution is 0.524. The van der Waals surface area contributed by atoms with Gasteiger partial charge in [-0.3, -0.25) is 0 Å². The summed E-state index contributed by atoms with van der Waals surface area (Å²) in [5.41, 5.74) is 0. The van der Waals surface area contributed by atoms with E-state index in [-0.39, 0.29) is 0 Å². The molecule has 3 heteroatoms. The molecule has 0 radical (unpaired) electrons. The molecule has 2 N–H and O–H groups in total. The zero-order valence-electron chi connectivity index (χ0n) is 6.15. The van der Waals surface area contributed by atoms with Crippen LogP contribution in [0.2, 0.25) is 0 Å². The Morgan fingerprint density at radius 1 is 1.22 bits per heavy atom. The summed E-state index contributed by atoms with van der Waals surface area (Å²) in [4.78, 5) is 0. The Labute approximate surface area is 62.8 Å². The van der Waals surface area contributed by atoms with E-state index in [9.17, 15) is 0 Å². The topological polar surface area (TPSA) is 24.1 Å².